The summed E-state index contributed by atoms with van der Waals surface area (Å²) in [5.74, 6) is -0.974. The Morgan fingerprint density at radius 1 is 0.643 bits per heavy atom. The fourth-order valence-corrected chi connectivity index (χ4v) is 11.1. The largest absolute Gasteiger partial charge is 0.363 e. The van der Waals surface area contributed by atoms with Crippen molar-refractivity contribution in [1.29, 1.82) is 10.5 Å². The number of hydrogen-bond acceptors (Lipinski definition) is 14. The van der Waals surface area contributed by atoms with Gasteiger partial charge >= 0.3 is 0 Å². The zero-order valence-electron chi connectivity index (χ0n) is 37.7. The van der Waals surface area contributed by atoms with E-state index in [0.717, 1.165) is 12.1 Å². The lowest BCUT2D eigenvalue weighted by molar-refractivity contribution is 0.145. The number of rotatable bonds is 10. The summed E-state index contributed by atoms with van der Waals surface area (Å²) < 4.78 is 117. The van der Waals surface area contributed by atoms with Crippen LogP contribution in [0.5, 0.6) is 0 Å². The number of aryl methyl sites for hydroxylation is 2. The lowest BCUT2D eigenvalue weighted by Gasteiger charge is -2.20. The van der Waals surface area contributed by atoms with Crippen molar-refractivity contribution in [2.45, 2.75) is 51.6 Å². The zero-order chi connectivity index (χ0) is 50.7. The lowest BCUT2D eigenvalue weighted by Crippen LogP contribution is -2.24. The molecule has 0 radical (unpaired) electrons. The highest BCUT2D eigenvalue weighted by Gasteiger charge is 2.26. The van der Waals surface area contributed by atoms with Gasteiger partial charge in [0.15, 0.2) is 0 Å². The monoisotopic (exact) mass is 1000 g/mol. The molecule has 0 fully saturated rings. The summed E-state index contributed by atoms with van der Waals surface area (Å²) in [5, 5.41) is 24.5. The summed E-state index contributed by atoms with van der Waals surface area (Å²) in [6.07, 6.45) is 3.69. The van der Waals surface area contributed by atoms with Gasteiger partial charge in [0, 0.05) is 47.9 Å². The minimum Gasteiger partial charge on any atom is -0.363 e. The van der Waals surface area contributed by atoms with Crippen LogP contribution in [0.1, 0.15) is 85.0 Å². The summed E-state index contributed by atoms with van der Waals surface area (Å²) in [4.78, 5) is 43.0. The average Bonchev–Trinajstić information content (AvgIpc) is 3.32. The summed E-state index contributed by atoms with van der Waals surface area (Å²) >= 11 is 0. The van der Waals surface area contributed by atoms with Crippen LogP contribution in [0, 0.1) is 34.5 Å². The van der Waals surface area contributed by atoms with Crippen LogP contribution in [0.25, 0.3) is 33.2 Å². The van der Waals surface area contributed by atoms with Crippen molar-refractivity contribution in [3.63, 3.8) is 0 Å². The minimum atomic E-state index is -2.95. The van der Waals surface area contributed by atoms with Gasteiger partial charge in [-0.05, 0) is 50.0 Å². The Labute approximate surface area is 396 Å². The van der Waals surface area contributed by atoms with Crippen LogP contribution >= 0.6 is 0 Å². The van der Waals surface area contributed by atoms with Crippen molar-refractivity contribution in [3.8, 4) is 12.4 Å². The van der Waals surface area contributed by atoms with E-state index >= 15 is 0 Å². The quantitative estimate of drug-likeness (QED) is 0.0972. The highest BCUT2D eigenvalue weighted by molar-refractivity contribution is 7.94. The summed E-state index contributed by atoms with van der Waals surface area (Å²) in [6.45, 7) is 3.23. The van der Waals surface area contributed by atoms with Gasteiger partial charge < -0.3 is 10.6 Å². The van der Waals surface area contributed by atoms with Crippen molar-refractivity contribution in [1.82, 2.24) is 29.1 Å². The third kappa shape index (κ3) is 10.3. The average molecular weight is 1010 g/mol. The van der Waals surface area contributed by atoms with E-state index in [1.165, 1.54) is 46.1 Å². The smallest absolute Gasteiger partial charge is 0.266 e. The van der Waals surface area contributed by atoms with Gasteiger partial charge in [0.2, 0.25) is 12.4 Å². The number of fused-ring (bicyclic) bond motifs is 2. The zero-order valence-corrected chi connectivity index (χ0v) is 39.3. The Morgan fingerprint density at radius 2 is 1.01 bits per heavy atom. The molecule has 0 bridgehead atoms. The Hall–Kier alpha value is -7.44. The van der Waals surface area contributed by atoms with Crippen LogP contribution in [-0.4, -0.2) is 60.5 Å². The number of halogens is 6. The van der Waals surface area contributed by atoms with E-state index in [4.69, 9.17) is 10.5 Å². The second-order valence-corrected chi connectivity index (χ2v) is 21.2. The predicted molar refractivity (Wildman–Crippen MR) is 253 cm³/mol. The first-order valence-electron chi connectivity index (χ1n) is 21.3. The molecule has 16 nitrogen and oxygen atoms in total. The molecular formula is C46H42F6N12O4S2. The molecule has 6 heterocycles. The van der Waals surface area contributed by atoms with Gasteiger partial charge in [-0.1, -0.05) is 48.6 Å². The van der Waals surface area contributed by atoms with Crippen molar-refractivity contribution in [2.24, 2.45) is 22.8 Å². The van der Waals surface area contributed by atoms with Gasteiger partial charge in [0.25, 0.3) is 24.0 Å². The van der Waals surface area contributed by atoms with Gasteiger partial charge in [0.1, 0.15) is 47.2 Å². The van der Waals surface area contributed by atoms with Crippen LogP contribution in [0.4, 0.5) is 38.0 Å². The summed E-state index contributed by atoms with van der Waals surface area (Å²) in [6, 6.07) is 9.42. The normalized spacial score (nSPS) is 18.7. The van der Waals surface area contributed by atoms with Crippen molar-refractivity contribution in [3.05, 3.63) is 139 Å². The molecule has 24 heteroatoms. The number of alkyl halides is 4. The molecule has 0 amide bonds. The SMILES string of the molecule is C[C@@H](Nc1ncnc2c1cc(C1=CCS(=O)(=NC#N)CC1)c(=O)n2C)c1cccc(C(F)F)c1F.C[C@@H](Nc1ncnc2c1cc(C1=CCS(=O)(=NC#N)CC1)c(=O)n2C)c1cccc(C(F)F)c1F. The number of anilines is 2. The van der Waals surface area contributed by atoms with Crippen molar-refractivity contribution in [2.75, 3.05) is 33.6 Å². The maximum Gasteiger partial charge on any atom is 0.266 e. The minimum absolute atomic E-state index is 0.0469. The molecule has 8 rings (SSSR count). The summed E-state index contributed by atoms with van der Waals surface area (Å²) in [5.41, 5.74) is 0.784. The number of nitrogens with zero attached hydrogens (tertiary/aromatic N) is 10. The van der Waals surface area contributed by atoms with Crippen LogP contribution in [0.3, 0.4) is 0 Å². The van der Waals surface area contributed by atoms with Crippen molar-refractivity contribution >= 4 is 64.3 Å². The Bertz CT molecular complexity index is 3370. The molecule has 0 saturated carbocycles. The van der Waals surface area contributed by atoms with E-state index in [1.54, 1.807) is 64.6 Å². The fourth-order valence-electron chi connectivity index (χ4n) is 8.11. The number of allylic oxidation sites excluding steroid dienone is 2. The number of hydrogen-bond donors (Lipinski definition) is 2. The molecule has 364 valence electrons. The van der Waals surface area contributed by atoms with E-state index in [9.17, 15) is 44.3 Å². The molecule has 0 aliphatic carbocycles. The Kier molecular flexibility index (Phi) is 14.9. The topological polar surface area (TPSA) is 226 Å². The van der Waals surface area contributed by atoms with E-state index in [1.807, 2.05) is 0 Å². The molecule has 0 saturated heterocycles. The maximum atomic E-state index is 14.7. The predicted octanol–water partition coefficient (Wildman–Crippen LogP) is 8.63. The van der Waals surface area contributed by atoms with Crippen LogP contribution in [-0.2, 0) is 33.6 Å². The molecule has 2 aliphatic rings. The lowest BCUT2D eigenvalue weighted by atomic mass is 10.0. The van der Waals surface area contributed by atoms with Crippen LogP contribution in [0.15, 0.2) is 91.7 Å². The number of pyridine rings is 2. The molecule has 2 aromatic carbocycles. The third-order valence-corrected chi connectivity index (χ3v) is 15.8. The number of nitrogens with one attached hydrogen (secondary N) is 2. The first-order valence-corrected chi connectivity index (χ1v) is 25.0. The molecule has 2 unspecified atom stereocenters. The van der Waals surface area contributed by atoms with Gasteiger partial charge in [-0.3, -0.25) is 18.7 Å². The first kappa shape index (κ1) is 50.4. The highest BCUT2D eigenvalue weighted by Crippen LogP contribution is 2.34. The molecule has 6 aromatic rings. The first-order chi connectivity index (χ1) is 33.3. The maximum absolute atomic E-state index is 14.7. The van der Waals surface area contributed by atoms with Gasteiger partial charge in [-0.2, -0.15) is 10.5 Å². The molecule has 2 aliphatic heterocycles. The van der Waals surface area contributed by atoms with E-state index in [0.29, 0.717) is 68.8 Å². The standard InChI is InChI=1S/2C23H21F3N6O2S/c2*1-13(15-4-3-5-16(19(15)24)20(25)26)31-21-18-10-17(23(33)32(2)22(18)29-12-28-21)14-6-8-35(34,9-7-14)30-11-27/h2*3-6,10,12-13,20H,7-9H2,1-2H3,(H,28,29,31)/t2*13-,35?/m11/s1. The molecule has 4 atom stereocenters. The second-order valence-electron chi connectivity index (χ2n) is 16.2. The number of benzene rings is 2. The molecule has 4 aromatic heterocycles. The van der Waals surface area contributed by atoms with Gasteiger partial charge in [0.05, 0.1) is 64.9 Å². The highest BCUT2D eigenvalue weighted by atomic mass is 32.2. The Balaban J connectivity index is 0.000000206. The fraction of sp³-hybridized carbons (Fsp3) is 0.304. The van der Waals surface area contributed by atoms with Crippen LogP contribution in [0.2, 0.25) is 0 Å². The van der Waals surface area contributed by atoms with E-state index in [-0.39, 0.29) is 45.3 Å². The molecule has 0 spiro atoms. The summed E-state index contributed by atoms with van der Waals surface area (Å²) in [7, 11) is -2.22. The van der Waals surface area contributed by atoms with E-state index < -0.39 is 67.2 Å². The third-order valence-electron chi connectivity index (χ3n) is 11.9. The van der Waals surface area contributed by atoms with Crippen molar-refractivity contribution < 1.29 is 34.8 Å². The molecule has 2 N–H and O–H groups in total. The van der Waals surface area contributed by atoms with Gasteiger partial charge in [-0.15, -0.1) is 8.73 Å². The molecule has 70 heavy (non-hydrogen) atoms. The number of aromatic nitrogens is 6. The Morgan fingerprint density at radius 3 is 1.34 bits per heavy atom. The second kappa shape index (κ2) is 20.7. The van der Waals surface area contributed by atoms with E-state index in [2.05, 4.69) is 39.3 Å². The molecular weight excluding hydrogens is 963 g/mol. The van der Waals surface area contributed by atoms with Crippen LogP contribution < -0.4 is 21.8 Å². The van der Waals surface area contributed by atoms with Gasteiger partial charge in [-0.25, -0.2) is 54.7 Å². The number of nitriles is 2.